The van der Waals surface area contributed by atoms with Gasteiger partial charge in [0.05, 0.1) is 13.2 Å². The number of nitrogens with one attached hydrogen (secondary N) is 2. The first-order valence-corrected chi connectivity index (χ1v) is 9.33. The third kappa shape index (κ3) is 5.58. The van der Waals surface area contributed by atoms with Gasteiger partial charge in [-0.3, -0.25) is 14.5 Å². The van der Waals surface area contributed by atoms with Crippen molar-refractivity contribution in [3.8, 4) is 0 Å². The Hall–Kier alpha value is -2.84. The van der Waals surface area contributed by atoms with E-state index in [9.17, 15) is 9.59 Å². The summed E-state index contributed by atoms with van der Waals surface area (Å²) in [5, 5.41) is 6.06. The standard InChI is InChI=1S/C20H25N5O3/c1-14(26)16-3-5-17(6-4-16)24-19-13-18(22-15(2)23-19)20(27)21-7-8-25-9-11-28-12-10-25/h3-6,13H,7-12H2,1-2H3,(H,21,27)(H,22,23,24). The number of carbonyl (C=O) groups excluding carboxylic acids is 2. The Morgan fingerprint density at radius 1 is 1.14 bits per heavy atom. The molecule has 1 aliphatic heterocycles. The molecule has 148 valence electrons. The minimum absolute atomic E-state index is 0.0143. The van der Waals surface area contributed by atoms with E-state index in [0.717, 1.165) is 38.5 Å². The van der Waals surface area contributed by atoms with Crippen LogP contribution in [0.5, 0.6) is 0 Å². The number of carbonyl (C=O) groups is 2. The van der Waals surface area contributed by atoms with Gasteiger partial charge in [-0.2, -0.15) is 0 Å². The maximum Gasteiger partial charge on any atom is 0.270 e. The van der Waals surface area contributed by atoms with Gasteiger partial charge in [0.25, 0.3) is 5.91 Å². The molecule has 0 radical (unpaired) electrons. The van der Waals surface area contributed by atoms with Gasteiger partial charge in [0.15, 0.2) is 5.78 Å². The number of rotatable bonds is 7. The second-order valence-corrected chi connectivity index (χ2v) is 6.65. The van der Waals surface area contributed by atoms with Crippen molar-refractivity contribution in [1.29, 1.82) is 0 Å². The van der Waals surface area contributed by atoms with Crippen LogP contribution in [0, 0.1) is 6.92 Å². The van der Waals surface area contributed by atoms with E-state index in [1.165, 1.54) is 6.92 Å². The van der Waals surface area contributed by atoms with Crippen molar-refractivity contribution in [2.45, 2.75) is 13.8 Å². The predicted molar refractivity (Wildman–Crippen MR) is 106 cm³/mol. The molecule has 2 heterocycles. The average Bonchev–Trinajstić information content (AvgIpc) is 2.68. The van der Waals surface area contributed by atoms with Gasteiger partial charge in [-0.05, 0) is 38.1 Å². The number of morpholine rings is 1. The van der Waals surface area contributed by atoms with Crippen LogP contribution in [0.15, 0.2) is 30.3 Å². The van der Waals surface area contributed by atoms with E-state index >= 15 is 0 Å². The molecule has 2 aromatic rings. The minimum Gasteiger partial charge on any atom is -0.379 e. The van der Waals surface area contributed by atoms with Crippen molar-refractivity contribution in [2.24, 2.45) is 0 Å². The maximum atomic E-state index is 12.5. The predicted octanol–water partition coefficient (Wildman–Crippen LogP) is 1.79. The second kappa shape index (κ2) is 9.38. The lowest BCUT2D eigenvalue weighted by Gasteiger charge is -2.26. The van der Waals surface area contributed by atoms with Crippen molar-refractivity contribution in [2.75, 3.05) is 44.7 Å². The highest BCUT2D eigenvalue weighted by molar-refractivity contribution is 5.94. The number of aromatic nitrogens is 2. The van der Waals surface area contributed by atoms with E-state index in [0.29, 0.717) is 29.4 Å². The van der Waals surface area contributed by atoms with Crippen LogP contribution in [-0.2, 0) is 4.74 Å². The van der Waals surface area contributed by atoms with Crippen LogP contribution < -0.4 is 10.6 Å². The van der Waals surface area contributed by atoms with Crippen LogP contribution in [0.25, 0.3) is 0 Å². The fourth-order valence-electron chi connectivity index (χ4n) is 2.93. The van der Waals surface area contributed by atoms with Crippen molar-refractivity contribution >= 4 is 23.2 Å². The number of nitrogens with zero attached hydrogens (tertiary/aromatic N) is 3. The number of Topliss-reactive ketones (excluding diaryl/α,β-unsaturated/α-hetero) is 1. The smallest absolute Gasteiger partial charge is 0.270 e. The molecule has 2 N–H and O–H groups in total. The number of benzene rings is 1. The third-order valence-electron chi connectivity index (χ3n) is 4.45. The fourth-order valence-corrected chi connectivity index (χ4v) is 2.93. The molecule has 1 aromatic heterocycles. The van der Waals surface area contributed by atoms with Crippen LogP contribution in [0.3, 0.4) is 0 Å². The number of ketones is 1. The van der Waals surface area contributed by atoms with Crippen molar-refractivity contribution in [1.82, 2.24) is 20.2 Å². The van der Waals surface area contributed by atoms with E-state index in [-0.39, 0.29) is 11.7 Å². The molecule has 1 amide bonds. The number of hydrogen-bond donors (Lipinski definition) is 2. The van der Waals surface area contributed by atoms with Crippen LogP contribution in [0.4, 0.5) is 11.5 Å². The molecule has 0 spiro atoms. The molecule has 8 nitrogen and oxygen atoms in total. The largest absolute Gasteiger partial charge is 0.379 e. The Bertz CT molecular complexity index is 832. The zero-order valence-corrected chi connectivity index (χ0v) is 16.2. The number of amides is 1. The summed E-state index contributed by atoms with van der Waals surface area (Å²) in [4.78, 5) is 34.6. The molecule has 0 aliphatic carbocycles. The lowest BCUT2D eigenvalue weighted by atomic mass is 10.1. The summed E-state index contributed by atoms with van der Waals surface area (Å²) in [6.07, 6.45) is 0. The van der Waals surface area contributed by atoms with Gasteiger partial charge < -0.3 is 15.4 Å². The first-order chi connectivity index (χ1) is 13.5. The lowest BCUT2D eigenvalue weighted by Crippen LogP contribution is -2.41. The molecule has 3 rings (SSSR count). The van der Waals surface area contributed by atoms with Crippen molar-refractivity contribution < 1.29 is 14.3 Å². The van der Waals surface area contributed by atoms with E-state index in [1.54, 1.807) is 37.3 Å². The van der Waals surface area contributed by atoms with Gasteiger partial charge in [-0.1, -0.05) is 0 Å². The molecule has 1 fully saturated rings. The van der Waals surface area contributed by atoms with Gasteiger partial charge in [-0.25, -0.2) is 9.97 Å². The third-order valence-corrected chi connectivity index (χ3v) is 4.45. The minimum atomic E-state index is -0.228. The van der Waals surface area contributed by atoms with Gasteiger partial charge >= 0.3 is 0 Å². The molecular weight excluding hydrogens is 358 g/mol. The molecule has 1 aromatic carbocycles. The zero-order valence-electron chi connectivity index (χ0n) is 16.2. The molecule has 28 heavy (non-hydrogen) atoms. The van der Waals surface area contributed by atoms with Crippen molar-refractivity contribution in [3.05, 3.63) is 47.4 Å². The summed E-state index contributed by atoms with van der Waals surface area (Å²) >= 11 is 0. The molecule has 1 saturated heterocycles. The average molecular weight is 383 g/mol. The SMILES string of the molecule is CC(=O)c1ccc(Nc2cc(C(=O)NCCN3CCOCC3)nc(C)n2)cc1. The summed E-state index contributed by atoms with van der Waals surface area (Å²) < 4.78 is 5.32. The Kier molecular flexibility index (Phi) is 6.67. The fraction of sp³-hybridized carbons (Fsp3) is 0.400. The molecular formula is C20H25N5O3. The number of anilines is 2. The topological polar surface area (TPSA) is 96.5 Å². The Labute approximate surface area is 164 Å². The van der Waals surface area contributed by atoms with Crippen molar-refractivity contribution in [3.63, 3.8) is 0 Å². The van der Waals surface area contributed by atoms with Crippen LogP contribution >= 0.6 is 0 Å². The van der Waals surface area contributed by atoms with Crippen LogP contribution in [0.2, 0.25) is 0 Å². The van der Waals surface area contributed by atoms with Gasteiger partial charge in [-0.15, -0.1) is 0 Å². The van der Waals surface area contributed by atoms with E-state index < -0.39 is 0 Å². The molecule has 0 saturated carbocycles. The Morgan fingerprint density at radius 2 is 1.86 bits per heavy atom. The zero-order chi connectivity index (χ0) is 19.9. The molecule has 0 unspecified atom stereocenters. The normalized spacial score (nSPS) is 14.5. The van der Waals surface area contributed by atoms with Crippen LogP contribution in [0.1, 0.15) is 33.6 Å². The lowest BCUT2D eigenvalue weighted by molar-refractivity contribution is 0.0383. The summed E-state index contributed by atoms with van der Waals surface area (Å²) in [6, 6.07) is 8.72. The molecule has 0 bridgehead atoms. The maximum absolute atomic E-state index is 12.5. The highest BCUT2D eigenvalue weighted by Gasteiger charge is 2.13. The number of ether oxygens (including phenoxy) is 1. The summed E-state index contributed by atoms with van der Waals surface area (Å²) in [5.74, 6) is 0.819. The summed E-state index contributed by atoms with van der Waals surface area (Å²) in [6.45, 7) is 7.86. The molecule has 1 aliphatic rings. The van der Waals surface area contributed by atoms with Gasteiger partial charge in [0, 0.05) is 43.5 Å². The Balaban J connectivity index is 1.60. The first-order valence-electron chi connectivity index (χ1n) is 9.33. The summed E-state index contributed by atoms with van der Waals surface area (Å²) in [7, 11) is 0. The quantitative estimate of drug-likeness (QED) is 0.704. The van der Waals surface area contributed by atoms with Gasteiger partial charge in [0.1, 0.15) is 17.3 Å². The molecule has 0 atom stereocenters. The van der Waals surface area contributed by atoms with Crippen LogP contribution in [-0.4, -0.2) is 66.0 Å². The highest BCUT2D eigenvalue weighted by atomic mass is 16.5. The summed E-state index contributed by atoms with van der Waals surface area (Å²) in [5.41, 5.74) is 1.74. The first kappa shape index (κ1) is 19.9. The molecule has 8 heteroatoms. The Morgan fingerprint density at radius 3 is 2.54 bits per heavy atom. The van der Waals surface area contributed by atoms with E-state index in [2.05, 4.69) is 25.5 Å². The van der Waals surface area contributed by atoms with Gasteiger partial charge in [0.2, 0.25) is 0 Å². The van der Waals surface area contributed by atoms with E-state index in [1.807, 2.05) is 0 Å². The number of aryl methyl sites for hydroxylation is 1. The highest BCUT2D eigenvalue weighted by Crippen LogP contribution is 2.16. The number of hydrogen-bond acceptors (Lipinski definition) is 7. The van der Waals surface area contributed by atoms with E-state index in [4.69, 9.17) is 4.74 Å². The monoisotopic (exact) mass is 383 g/mol. The second-order valence-electron chi connectivity index (χ2n) is 6.65.